The molecule has 136 valence electrons. The Kier molecular flexibility index (Phi) is 6.27. The molecule has 0 aromatic rings. The third-order valence-corrected chi connectivity index (χ3v) is 3.98. The van der Waals surface area contributed by atoms with E-state index >= 15 is 0 Å². The maximum absolute atomic E-state index is 10.00. The van der Waals surface area contributed by atoms with E-state index in [9.17, 15) is 30.6 Å². The predicted octanol–water partition coefficient (Wildman–Crippen LogP) is -5.40. The smallest absolute Gasteiger partial charge is 0.187 e. The first-order valence-electron chi connectivity index (χ1n) is 7.08. The van der Waals surface area contributed by atoms with Crippen LogP contribution < -0.4 is 0 Å². The van der Waals surface area contributed by atoms with Crippen LogP contribution in [-0.4, -0.2) is 115 Å². The minimum atomic E-state index is -1.76. The van der Waals surface area contributed by atoms with E-state index in [1.807, 2.05) is 0 Å². The fourth-order valence-electron chi connectivity index (χ4n) is 2.56. The van der Waals surface area contributed by atoms with Crippen molar-refractivity contribution in [2.75, 3.05) is 13.2 Å². The molecule has 2 saturated heterocycles. The van der Waals surface area contributed by atoms with Gasteiger partial charge in [0.05, 0.1) is 13.2 Å². The van der Waals surface area contributed by atoms with Gasteiger partial charge < -0.3 is 55.1 Å². The van der Waals surface area contributed by atoms with Crippen molar-refractivity contribution < 1.29 is 55.1 Å². The summed E-state index contributed by atoms with van der Waals surface area (Å²) in [5, 5.41) is 76.8. The number of rotatable bonds is 4. The van der Waals surface area contributed by atoms with E-state index in [1.165, 1.54) is 0 Å². The molecule has 0 aromatic heterocycles. The molecule has 0 saturated carbocycles. The Balaban J connectivity index is 2.11. The molecule has 0 unspecified atom stereocenters. The van der Waals surface area contributed by atoms with Crippen LogP contribution in [-0.2, 0) is 14.2 Å². The second-order valence-electron chi connectivity index (χ2n) is 5.53. The molecular weight excluding hydrogens is 320 g/mol. The van der Waals surface area contributed by atoms with Gasteiger partial charge in [-0.3, -0.25) is 0 Å². The Hall–Kier alpha value is -0.440. The molecule has 0 radical (unpaired) electrons. The molecule has 2 aliphatic heterocycles. The summed E-state index contributed by atoms with van der Waals surface area (Å²) in [4.78, 5) is 0. The van der Waals surface area contributed by atoms with Gasteiger partial charge in [0.25, 0.3) is 0 Å². The van der Waals surface area contributed by atoms with Gasteiger partial charge in [-0.1, -0.05) is 0 Å². The zero-order chi connectivity index (χ0) is 17.3. The molecule has 2 fully saturated rings. The zero-order valence-electron chi connectivity index (χ0n) is 12.0. The van der Waals surface area contributed by atoms with Crippen LogP contribution in [0.1, 0.15) is 0 Å². The molecule has 0 spiro atoms. The van der Waals surface area contributed by atoms with Crippen molar-refractivity contribution >= 4 is 0 Å². The lowest BCUT2D eigenvalue weighted by Gasteiger charge is -2.45. The van der Waals surface area contributed by atoms with Crippen LogP contribution in [0.4, 0.5) is 0 Å². The number of aliphatic hydroxyl groups excluding tert-OH is 8. The molecule has 0 bridgehead atoms. The summed E-state index contributed by atoms with van der Waals surface area (Å²) >= 11 is 0. The van der Waals surface area contributed by atoms with E-state index in [0.29, 0.717) is 0 Å². The summed E-state index contributed by atoms with van der Waals surface area (Å²) in [7, 11) is 0. The van der Waals surface area contributed by atoms with Gasteiger partial charge in [0.2, 0.25) is 0 Å². The van der Waals surface area contributed by atoms with Crippen LogP contribution in [0.25, 0.3) is 0 Å². The van der Waals surface area contributed by atoms with Crippen LogP contribution in [0.3, 0.4) is 0 Å². The summed E-state index contributed by atoms with van der Waals surface area (Å²) in [5.74, 6) is 0. The zero-order valence-corrected chi connectivity index (χ0v) is 12.0. The van der Waals surface area contributed by atoms with E-state index in [1.54, 1.807) is 0 Å². The van der Waals surface area contributed by atoms with Gasteiger partial charge in [0, 0.05) is 0 Å². The third-order valence-electron chi connectivity index (χ3n) is 3.98. The van der Waals surface area contributed by atoms with Crippen molar-refractivity contribution in [2.45, 2.75) is 61.4 Å². The maximum Gasteiger partial charge on any atom is 0.187 e. The topological polar surface area (TPSA) is 190 Å². The van der Waals surface area contributed by atoms with Gasteiger partial charge in [-0.15, -0.1) is 0 Å². The second kappa shape index (κ2) is 7.63. The van der Waals surface area contributed by atoms with Crippen LogP contribution in [0.15, 0.2) is 0 Å². The average molecular weight is 342 g/mol. The molecule has 2 aliphatic rings. The molecule has 23 heavy (non-hydrogen) atoms. The predicted molar refractivity (Wildman–Crippen MR) is 68.6 cm³/mol. The molecule has 0 amide bonds. The molecule has 2 rings (SSSR count). The number of aliphatic hydroxyl groups is 8. The Bertz CT molecular complexity index is 380. The second-order valence-corrected chi connectivity index (χ2v) is 5.53. The van der Waals surface area contributed by atoms with Crippen LogP contribution >= 0.6 is 0 Å². The first kappa shape index (κ1) is 18.9. The highest BCUT2D eigenvalue weighted by Gasteiger charge is 2.50. The van der Waals surface area contributed by atoms with E-state index in [4.69, 9.17) is 24.4 Å². The SMILES string of the molecule is OC[C@H]1O[C@H](O[C@@H]2[C@H](O)[C@H](O)O[C@H](CO)[C@H]2O)[C@H](O)[C@@H](O)[C@@H]1O. The largest absolute Gasteiger partial charge is 0.394 e. The molecule has 0 aliphatic carbocycles. The average Bonchev–Trinajstić information content (AvgIpc) is 2.54. The van der Waals surface area contributed by atoms with Crippen LogP contribution in [0.2, 0.25) is 0 Å². The summed E-state index contributed by atoms with van der Waals surface area (Å²) in [5.41, 5.74) is 0. The van der Waals surface area contributed by atoms with Crippen molar-refractivity contribution in [1.29, 1.82) is 0 Å². The first-order valence-corrected chi connectivity index (χ1v) is 7.08. The standard InChI is InChI=1S/C12H22O11/c13-1-3-5(15)7(17)8(18)12(22-3)23-10-6(16)4(2-14)21-11(20)9(10)19/h3-20H,1-2H2/t3-,4-,5-,6-,7+,8-,9+,10+,11-,12-/m1/s1. The van der Waals surface area contributed by atoms with Gasteiger partial charge in [-0.05, 0) is 0 Å². The molecule has 8 N–H and O–H groups in total. The normalized spacial score (nSPS) is 51.7. The van der Waals surface area contributed by atoms with E-state index in [-0.39, 0.29) is 0 Å². The van der Waals surface area contributed by atoms with Crippen LogP contribution in [0.5, 0.6) is 0 Å². The quantitative estimate of drug-likeness (QED) is 0.243. The fraction of sp³-hybridized carbons (Fsp3) is 1.00. The molecule has 0 aromatic carbocycles. The maximum atomic E-state index is 10.00. The molecule has 2 heterocycles. The third kappa shape index (κ3) is 3.65. The highest BCUT2D eigenvalue weighted by molar-refractivity contribution is 4.93. The lowest BCUT2D eigenvalue weighted by molar-refractivity contribution is -0.355. The summed E-state index contributed by atoms with van der Waals surface area (Å²) in [6.07, 6.45) is -15.7. The Morgan fingerprint density at radius 1 is 0.652 bits per heavy atom. The lowest BCUT2D eigenvalue weighted by atomic mass is 9.97. The minimum Gasteiger partial charge on any atom is -0.394 e. The van der Waals surface area contributed by atoms with Crippen LogP contribution in [0, 0.1) is 0 Å². The molecular formula is C12H22O11. The van der Waals surface area contributed by atoms with Crippen molar-refractivity contribution in [3.8, 4) is 0 Å². The molecule has 10 atom stereocenters. The first-order chi connectivity index (χ1) is 10.8. The van der Waals surface area contributed by atoms with Gasteiger partial charge in [0.15, 0.2) is 12.6 Å². The van der Waals surface area contributed by atoms with Crippen molar-refractivity contribution in [3.05, 3.63) is 0 Å². The molecule has 11 heteroatoms. The van der Waals surface area contributed by atoms with Crippen molar-refractivity contribution in [1.82, 2.24) is 0 Å². The Morgan fingerprint density at radius 3 is 1.78 bits per heavy atom. The van der Waals surface area contributed by atoms with Gasteiger partial charge >= 0.3 is 0 Å². The summed E-state index contributed by atoms with van der Waals surface area (Å²) in [6.45, 7) is -1.34. The highest BCUT2D eigenvalue weighted by atomic mass is 16.7. The Labute approximate surface area is 130 Å². The Morgan fingerprint density at radius 2 is 1.22 bits per heavy atom. The lowest BCUT2D eigenvalue weighted by Crippen LogP contribution is -2.64. The number of hydrogen-bond donors (Lipinski definition) is 8. The number of ether oxygens (including phenoxy) is 3. The van der Waals surface area contributed by atoms with E-state index in [2.05, 4.69) is 0 Å². The summed E-state index contributed by atoms with van der Waals surface area (Å²) < 4.78 is 15.1. The van der Waals surface area contributed by atoms with Crippen molar-refractivity contribution in [3.63, 3.8) is 0 Å². The number of hydrogen-bond acceptors (Lipinski definition) is 11. The summed E-state index contributed by atoms with van der Waals surface area (Å²) in [6, 6.07) is 0. The molecule has 11 nitrogen and oxygen atoms in total. The fourth-order valence-corrected chi connectivity index (χ4v) is 2.56. The van der Waals surface area contributed by atoms with Gasteiger partial charge in [-0.25, -0.2) is 0 Å². The minimum absolute atomic E-state index is 0.667. The monoisotopic (exact) mass is 342 g/mol. The van der Waals surface area contributed by atoms with Gasteiger partial charge in [-0.2, -0.15) is 0 Å². The van der Waals surface area contributed by atoms with E-state index < -0.39 is 74.6 Å². The van der Waals surface area contributed by atoms with E-state index in [0.717, 1.165) is 0 Å². The van der Waals surface area contributed by atoms with Gasteiger partial charge in [0.1, 0.15) is 48.8 Å². The van der Waals surface area contributed by atoms with Crippen molar-refractivity contribution in [2.24, 2.45) is 0 Å². The highest BCUT2D eigenvalue weighted by Crippen LogP contribution is 2.28.